The highest BCUT2D eigenvalue weighted by molar-refractivity contribution is 5.91. The number of pyridine rings is 1. The number of nitrogens with one attached hydrogen (secondary N) is 2. The van der Waals surface area contributed by atoms with E-state index in [1.54, 1.807) is 36.4 Å². The van der Waals surface area contributed by atoms with Crippen molar-refractivity contribution in [2.75, 3.05) is 17.2 Å². The van der Waals surface area contributed by atoms with Gasteiger partial charge in [0.25, 0.3) is 5.91 Å². The van der Waals surface area contributed by atoms with E-state index < -0.39 is 11.7 Å². The summed E-state index contributed by atoms with van der Waals surface area (Å²) >= 11 is 0. The van der Waals surface area contributed by atoms with Crippen molar-refractivity contribution in [1.29, 1.82) is 0 Å². The van der Waals surface area contributed by atoms with Gasteiger partial charge in [0.1, 0.15) is 11.6 Å². The number of nitrogens with zero attached hydrogens (tertiary/aromatic N) is 1. The minimum atomic E-state index is -4.42. The first-order valence-corrected chi connectivity index (χ1v) is 8.28. The van der Waals surface area contributed by atoms with E-state index in [2.05, 4.69) is 15.6 Å². The summed E-state index contributed by atoms with van der Waals surface area (Å²) in [6, 6.07) is 16.9. The van der Waals surface area contributed by atoms with Crippen LogP contribution in [0.4, 0.5) is 30.4 Å². The molecule has 1 heterocycles. The van der Waals surface area contributed by atoms with Crippen LogP contribution in [0.3, 0.4) is 0 Å². The molecule has 5 nitrogen and oxygen atoms in total. The lowest BCUT2D eigenvalue weighted by molar-refractivity contribution is -0.137. The number of aromatic nitrogens is 1. The van der Waals surface area contributed by atoms with Crippen LogP contribution in [0.5, 0.6) is 5.75 Å². The van der Waals surface area contributed by atoms with Crippen molar-refractivity contribution < 1.29 is 22.7 Å². The van der Waals surface area contributed by atoms with Crippen molar-refractivity contribution >= 4 is 23.1 Å². The van der Waals surface area contributed by atoms with Crippen LogP contribution in [0.1, 0.15) is 5.56 Å². The van der Waals surface area contributed by atoms with Crippen LogP contribution >= 0.6 is 0 Å². The summed E-state index contributed by atoms with van der Waals surface area (Å²) in [7, 11) is 0. The lowest BCUT2D eigenvalue weighted by Gasteiger charge is -2.11. The van der Waals surface area contributed by atoms with Crippen LogP contribution in [0, 0.1) is 0 Å². The monoisotopic (exact) mass is 387 g/mol. The van der Waals surface area contributed by atoms with E-state index >= 15 is 0 Å². The second-order valence-corrected chi connectivity index (χ2v) is 5.79. The number of halogens is 3. The van der Waals surface area contributed by atoms with Crippen LogP contribution in [0.15, 0.2) is 72.9 Å². The number of hydrogen-bond acceptors (Lipinski definition) is 4. The van der Waals surface area contributed by atoms with Crippen LogP contribution in [-0.4, -0.2) is 17.5 Å². The smallest absolute Gasteiger partial charge is 0.416 e. The minimum Gasteiger partial charge on any atom is -0.484 e. The lowest BCUT2D eigenvalue weighted by Crippen LogP contribution is -2.20. The number of para-hydroxylation sites is 1. The third kappa shape index (κ3) is 5.47. The van der Waals surface area contributed by atoms with Crippen LogP contribution < -0.4 is 15.4 Å². The molecule has 0 spiro atoms. The summed E-state index contributed by atoms with van der Waals surface area (Å²) in [6.07, 6.45) is -3.02. The molecule has 8 heteroatoms. The Kier molecular flexibility index (Phi) is 5.78. The number of carbonyl (C=O) groups is 1. The molecule has 2 N–H and O–H groups in total. The van der Waals surface area contributed by atoms with Gasteiger partial charge in [0.05, 0.1) is 17.4 Å². The first kappa shape index (κ1) is 19.2. The zero-order chi connectivity index (χ0) is 20.0. The molecule has 0 aliphatic carbocycles. The normalized spacial score (nSPS) is 11.0. The Morgan fingerprint density at radius 3 is 2.43 bits per heavy atom. The molecular formula is C20H16F3N3O2. The Bertz CT molecular complexity index is 929. The van der Waals surface area contributed by atoms with Crippen molar-refractivity contribution in [3.05, 3.63) is 78.5 Å². The second-order valence-electron chi connectivity index (χ2n) is 5.79. The molecule has 1 aromatic heterocycles. The fraction of sp³-hybridized carbons (Fsp3) is 0.100. The first-order chi connectivity index (χ1) is 13.4. The number of hydrogen-bond donors (Lipinski definition) is 2. The van der Waals surface area contributed by atoms with Crippen LogP contribution in [0.2, 0.25) is 0 Å². The zero-order valence-electron chi connectivity index (χ0n) is 14.5. The van der Waals surface area contributed by atoms with E-state index in [0.29, 0.717) is 17.3 Å². The first-order valence-electron chi connectivity index (χ1n) is 8.28. The van der Waals surface area contributed by atoms with Gasteiger partial charge in [-0.3, -0.25) is 4.79 Å². The van der Waals surface area contributed by atoms with Gasteiger partial charge in [0.2, 0.25) is 0 Å². The standard InChI is InChI=1S/C20H16F3N3O2/c21-20(22,23)14-5-4-6-15(11-14)25-18-10-9-16(12-24-18)26-19(27)13-28-17-7-2-1-3-8-17/h1-12H,13H2,(H,24,25)(H,26,27). The summed E-state index contributed by atoms with van der Waals surface area (Å²) in [6.45, 7) is -0.158. The van der Waals surface area contributed by atoms with E-state index in [9.17, 15) is 18.0 Å². The van der Waals surface area contributed by atoms with Gasteiger partial charge in [-0.2, -0.15) is 13.2 Å². The number of alkyl halides is 3. The number of ether oxygens (including phenoxy) is 1. The van der Waals surface area contributed by atoms with Crippen LogP contribution in [-0.2, 0) is 11.0 Å². The Labute approximate surface area is 159 Å². The Morgan fingerprint density at radius 2 is 1.75 bits per heavy atom. The van der Waals surface area contributed by atoms with Crippen molar-refractivity contribution in [2.45, 2.75) is 6.18 Å². The van der Waals surface area contributed by atoms with Crippen molar-refractivity contribution in [3.8, 4) is 5.75 Å². The summed E-state index contributed by atoms with van der Waals surface area (Å²) in [4.78, 5) is 16.0. The molecule has 144 valence electrons. The fourth-order valence-corrected chi connectivity index (χ4v) is 2.33. The largest absolute Gasteiger partial charge is 0.484 e. The molecule has 3 aromatic rings. The highest BCUT2D eigenvalue weighted by Crippen LogP contribution is 2.31. The van der Waals surface area contributed by atoms with Crippen molar-refractivity contribution in [2.24, 2.45) is 0 Å². The molecular weight excluding hydrogens is 371 g/mol. The van der Waals surface area contributed by atoms with E-state index in [1.165, 1.54) is 18.3 Å². The molecule has 2 aromatic carbocycles. The highest BCUT2D eigenvalue weighted by Gasteiger charge is 2.30. The van der Waals surface area contributed by atoms with Gasteiger partial charge in [-0.25, -0.2) is 4.98 Å². The van der Waals surface area contributed by atoms with Gasteiger partial charge < -0.3 is 15.4 Å². The molecule has 0 unspecified atom stereocenters. The number of carbonyl (C=O) groups excluding carboxylic acids is 1. The minimum absolute atomic E-state index is 0.158. The second kappa shape index (κ2) is 8.43. The maximum atomic E-state index is 12.8. The summed E-state index contributed by atoms with van der Waals surface area (Å²) < 4.78 is 43.6. The van der Waals surface area contributed by atoms with Gasteiger partial charge in [0.15, 0.2) is 6.61 Å². The predicted molar refractivity (Wildman–Crippen MR) is 99.5 cm³/mol. The Hall–Kier alpha value is -3.55. The summed E-state index contributed by atoms with van der Waals surface area (Å²) in [5.74, 6) is 0.568. The molecule has 0 bridgehead atoms. The SMILES string of the molecule is O=C(COc1ccccc1)Nc1ccc(Nc2cccc(C(F)(F)F)c2)nc1. The third-order valence-electron chi connectivity index (χ3n) is 3.62. The van der Waals surface area contributed by atoms with Crippen LogP contribution in [0.25, 0.3) is 0 Å². The molecule has 0 aliphatic heterocycles. The molecule has 1 amide bonds. The molecule has 0 aliphatic rings. The molecule has 3 rings (SSSR count). The predicted octanol–water partition coefficient (Wildman–Crippen LogP) is 4.86. The van der Waals surface area contributed by atoms with E-state index in [4.69, 9.17) is 4.74 Å². The average molecular weight is 387 g/mol. The number of benzene rings is 2. The average Bonchev–Trinajstić information content (AvgIpc) is 2.68. The highest BCUT2D eigenvalue weighted by atomic mass is 19.4. The maximum absolute atomic E-state index is 12.8. The number of rotatable bonds is 6. The van der Waals surface area contributed by atoms with Gasteiger partial charge >= 0.3 is 6.18 Å². The lowest BCUT2D eigenvalue weighted by atomic mass is 10.2. The molecule has 0 radical (unpaired) electrons. The maximum Gasteiger partial charge on any atom is 0.416 e. The zero-order valence-corrected chi connectivity index (χ0v) is 14.5. The summed E-state index contributed by atoms with van der Waals surface area (Å²) in [5, 5.41) is 5.42. The van der Waals surface area contributed by atoms with E-state index in [0.717, 1.165) is 12.1 Å². The van der Waals surface area contributed by atoms with Crippen molar-refractivity contribution in [3.63, 3.8) is 0 Å². The number of amides is 1. The van der Waals surface area contributed by atoms with E-state index in [1.807, 2.05) is 6.07 Å². The molecule has 0 saturated carbocycles. The van der Waals surface area contributed by atoms with Gasteiger partial charge in [-0.1, -0.05) is 24.3 Å². The fourth-order valence-electron chi connectivity index (χ4n) is 2.33. The Morgan fingerprint density at radius 1 is 0.964 bits per heavy atom. The number of anilines is 3. The topological polar surface area (TPSA) is 63.2 Å². The molecule has 28 heavy (non-hydrogen) atoms. The molecule has 0 saturated heterocycles. The quantitative estimate of drug-likeness (QED) is 0.634. The van der Waals surface area contributed by atoms with Gasteiger partial charge in [0, 0.05) is 5.69 Å². The van der Waals surface area contributed by atoms with Crippen molar-refractivity contribution in [1.82, 2.24) is 4.98 Å². The van der Waals surface area contributed by atoms with E-state index in [-0.39, 0.29) is 18.2 Å². The Balaban J connectivity index is 1.55. The third-order valence-corrected chi connectivity index (χ3v) is 3.62. The molecule has 0 atom stereocenters. The summed E-state index contributed by atoms with van der Waals surface area (Å²) in [5.41, 5.74) is -0.0496. The molecule has 0 fully saturated rings. The van der Waals surface area contributed by atoms with Gasteiger partial charge in [-0.15, -0.1) is 0 Å². The van der Waals surface area contributed by atoms with Gasteiger partial charge in [-0.05, 0) is 42.5 Å².